The number of benzene rings is 1. The van der Waals surface area contributed by atoms with E-state index in [1.54, 1.807) is 32.0 Å². The fourth-order valence-electron chi connectivity index (χ4n) is 1.60. The summed E-state index contributed by atoms with van der Waals surface area (Å²) in [5.74, 6) is -0.558. The van der Waals surface area contributed by atoms with Crippen molar-refractivity contribution in [1.29, 1.82) is 0 Å². The first-order valence-corrected chi connectivity index (χ1v) is 5.20. The van der Waals surface area contributed by atoms with E-state index in [0.717, 1.165) is 0 Å². The van der Waals surface area contributed by atoms with Crippen molar-refractivity contribution in [2.45, 2.75) is 19.6 Å². The van der Waals surface area contributed by atoms with Crippen LogP contribution in [0.25, 0.3) is 0 Å². The molecular formula is C12H14O5. The molecule has 5 heteroatoms. The first kappa shape index (κ1) is 11.7. The second-order valence-electron chi connectivity index (χ2n) is 4.07. The number of carbonyl (C=O) groups is 1. The van der Waals surface area contributed by atoms with Crippen molar-refractivity contribution in [3.63, 3.8) is 0 Å². The van der Waals surface area contributed by atoms with E-state index in [1.165, 1.54) is 7.11 Å². The van der Waals surface area contributed by atoms with Gasteiger partial charge < -0.3 is 18.9 Å². The minimum absolute atomic E-state index is 0.0626. The molecule has 0 saturated carbocycles. The minimum Gasteiger partial charge on any atom is -0.467 e. The number of methoxy groups -OCH3 is 1. The zero-order valence-corrected chi connectivity index (χ0v) is 9.98. The summed E-state index contributed by atoms with van der Waals surface area (Å²) < 4.78 is 20.8. The maximum absolute atomic E-state index is 11.9. The summed E-state index contributed by atoms with van der Waals surface area (Å²) >= 11 is 0. The number of esters is 1. The van der Waals surface area contributed by atoms with Crippen molar-refractivity contribution in [3.05, 3.63) is 23.8 Å². The fourth-order valence-corrected chi connectivity index (χ4v) is 1.60. The molecule has 2 rings (SSSR count). The van der Waals surface area contributed by atoms with Crippen LogP contribution in [0.5, 0.6) is 11.5 Å². The lowest BCUT2D eigenvalue weighted by atomic mass is 10.1. The molecule has 1 aromatic carbocycles. The molecule has 0 bridgehead atoms. The number of cyclic esters (lactones) is 1. The zero-order valence-electron chi connectivity index (χ0n) is 9.98. The first-order chi connectivity index (χ1) is 8.03. The third-order valence-corrected chi connectivity index (χ3v) is 2.22. The van der Waals surface area contributed by atoms with Crippen LogP contribution in [0.3, 0.4) is 0 Å². The van der Waals surface area contributed by atoms with Gasteiger partial charge in [-0.2, -0.15) is 0 Å². The van der Waals surface area contributed by atoms with Crippen LogP contribution < -0.4 is 9.47 Å². The Morgan fingerprint density at radius 2 is 2.06 bits per heavy atom. The highest BCUT2D eigenvalue weighted by atomic mass is 16.7. The normalized spacial score (nSPS) is 16.8. The fraction of sp³-hybridized carbons (Fsp3) is 0.417. The molecule has 0 atom stereocenters. The van der Waals surface area contributed by atoms with Crippen molar-refractivity contribution in [2.75, 3.05) is 13.9 Å². The van der Waals surface area contributed by atoms with E-state index < -0.39 is 11.8 Å². The highest BCUT2D eigenvalue weighted by Gasteiger charge is 2.35. The molecule has 1 aromatic rings. The Morgan fingerprint density at radius 3 is 2.76 bits per heavy atom. The highest BCUT2D eigenvalue weighted by Crippen LogP contribution is 2.36. The lowest BCUT2D eigenvalue weighted by Gasteiger charge is -2.32. The van der Waals surface area contributed by atoms with Gasteiger partial charge in [-0.15, -0.1) is 0 Å². The molecule has 1 heterocycles. The van der Waals surface area contributed by atoms with E-state index in [0.29, 0.717) is 17.1 Å². The largest absolute Gasteiger partial charge is 0.467 e. The number of rotatable bonds is 3. The third kappa shape index (κ3) is 2.34. The van der Waals surface area contributed by atoms with Crippen molar-refractivity contribution in [3.8, 4) is 11.5 Å². The van der Waals surface area contributed by atoms with Gasteiger partial charge in [0, 0.05) is 21.0 Å². The summed E-state index contributed by atoms with van der Waals surface area (Å²) in [5.41, 5.74) is 0.295. The van der Waals surface area contributed by atoms with Gasteiger partial charge in [0.15, 0.2) is 6.79 Å². The predicted molar refractivity (Wildman–Crippen MR) is 59.1 cm³/mol. The molecule has 17 heavy (non-hydrogen) atoms. The molecule has 0 amide bonds. The van der Waals surface area contributed by atoms with Gasteiger partial charge in [-0.3, -0.25) is 0 Å². The third-order valence-electron chi connectivity index (χ3n) is 2.22. The van der Waals surface area contributed by atoms with E-state index >= 15 is 0 Å². The topological polar surface area (TPSA) is 54.0 Å². The second-order valence-corrected chi connectivity index (χ2v) is 4.07. The SMILES string of the molecule is COCOc1cccc2c1C(=O)OC(C)(C)O2. The Balaban J connectivity index is 2.37. The monoisotopic (exact) mass is 238 g/mol. The molecule has 0 saturated heterocycles. The summed E-state index contributed by atoms with van der Waals surface area (Å²) in [4.78, 5) is 11.9. The molecule has 0 fully saturated rings. The molecule has 1 aliphatic rings. The molecule has 1 aliphatic heterocycles. The van der Waals surface area contributed by atoms with E-state index in [4.69, 9.17) is 18.9 Å². The highest BCUT2D eigenvalue weighted by molar-refractivity contribution is 5.96. The maximum Gasteiger partial charge on any atom is 0.349 e. The molecular weight excluding hydrogens is 224 g/mol. The molecule has 0 N–H and O–H groups in total. The van der Waals surface area contributed by atoms with Crippen molar-refractivity contribution in [2.24, 2.45) is 0 Å². The van der Waals surface area contributed by atoms with Gasteiger partial charge in [-0.1, -0.05) is 6.07 Å². The van der Waals surface area contributed by atoms with Crippen LogP contribution in [0.4, 0.5) is 0 Å². The number of hydrogen-bond acceptors (Lipinski definition) is 5. The predicted octanol–water partition coefficient (Wildman–Crippen LogP) is 1.95. The quantitative estimate of drug-likeness (QED) is 0.595. The van der Waals surface area contributed by atoms with Crippen LogP contribution in [0.15, 0.2) is 18.2 Å². The summed E-state index contributed by atoms with van der Waals surface area (Å²) in [6.45, 7) is 3.42. The smallest absolute Gasteiger partial charge is 0.349 e. The molecule has 0 aliphatic carbocycles. The number of fused-ring (bicyclic) bond motifs is 1. The molecule has 0 radical (unpaired) electrons. The number of carbonyl (C=O) groups excluding carboxylic acids is 1. The van der Waals surface area contributed by atoms with E-state index in [9.17, 15) is 4.79 Å². The first-order valence-electron chi connectivity index (χ1n) is 5.20. The van der Waals surface area contributed by atoms with Gasteiger partial charge in [-0.25, -0.2) is 4.79 Å². The van der Waals surface area contributed by atoms with Crippen molar-refractivity contribution >= 4 is 5.97 Å². The number of hydrogen-bond donors (Lipinski definition) is 0. The van der Waals surface area contributed by atoms with Crippen LogP contribution in [0, 0.1) is 0 Å². The van der Waals surface area contributed by atoms with E-state index in [1.807, 2.05) is 0 Å². The Bertz CT molecular complexity index is 439. The molecule has 92 valence electrons. The zero-order chi connectivity index (χ0) is 12.5. The Kier molecular flexibility index (Phi) is 2.93. The van der Waals surface area contributed by atoms with E-state index in [2.05, 4.69) is 0 Å². The Labute approximate surface area is 99.2 Å². The van der Waals surface area contributed by atoms with Crippen molar-refractivity contribution in [1.82, 2.24) is 0 Å². The Morgan fingerprint density at radius 1 is 1.29 bits per heavy atom. The molecule has 0 unspecified atom stereocenters. The summed E-state index contributed by atoms with van der Waals surface area (Å²) in [5, 5.41) is 0. The van der Waals surface area contributed by atoms with Crippen molar-refractivity contribution < 1.29 is 23.7 Å². The van der Waals surface area contributed by atoms with Crippen LogP contribution in [0.2, 0.25) is 0 Å². The van der Waals surface area contributed by atoms with Gasteiger partial charge in [0.2, 0.25) is 5.79 Å². The van der Waals surface area contributed by atoms with Gasteiger partial charge >= 0.3 is 5.97 Å². The molecule has 5 nitrogen and oxygen atoms in total. The summed E-state index contributed by atoms with van der Waals surface area (Å²) in [6, 6.07) is 5.12. The lowest BCUT2D eigenvalue weighted by Crippen LogP contribution is -2.39. The van der Waals surface area contributed by atoms with E-state index in [-0.39, 0.29) is 6.79 Å². The second kappa shape index (κ2) is 4.25. The Hall–Kier alpha value is -1.75. The van der Waals surface area contributed by atoms with Gasteiger partial charge in [0.25, 0.3) is 0 Å². The minimum atomic E-state index is -0.954. The lowest BCUT2D eigenvalue weighted by molar-refractivity contribution is -0.127. The maximum atomic E-state index is 11.9. The van der Waals surface area contributed by atoms with Gasteiger partial charge in [-0.05, 0) is 12.1 Å². The average molecular weight is 238 g/mol. The van der Waals surface area contributed by atoms with Crippen LogP contribution in [-0.2, 0) is 9.47 Å². The van der Waals surface area contributed by atoms with Crippen LogP contribution >= 0.6 is 0 Å². The summed E-state index contributed by atoms with van der Waals surface area (Å²) in [6.07, 6.45) is 0. The van der Waals surface area contributed by atoms with Crippen LogP contribution in [0.1, 0.15) is 24.2 Å². The summed E-state index contributed by atoms with van der Waals surface area (Å²) in [7, 11) is 1.51. The molecule has 0 spiro atoms. The van der Waals surface area contributed by atoms with Crippen LogP contribution in [-0.4, -0.2) is 25.7 Å². The van der Waals surface area contributed by atoms with Gasteiger partial charge in [0.1, 0.15) is 17.1 Å². The average Bonchev–Trinajstić information content (AvgIpc) is 2.23. The number of ether oxygens (including phenoxy) is 4. The molecule has 0 aromatic heterocycles. The standard InChI is InChI=1S/C12H14O5/c1-12(2)16-9-6-4-5-8(15-7-14-3)10(9)11(13)17-12/h4-6H,7H2,1-3H3. The van der Waals surface area contributed by atoms with Gasteiger partial charge in [0.05, 0.1) is 0 Å².